The smallest absolute Gasteiger partial charge is 0.164 e. The molecule has 0 spiro atoms. The maximum Gasteiger partial charge on any atom is 0.164 e. The molecule has 10 rings (SSSR count). The number of nitrogens with zero attached hydrogens (tertiary/aromatic N) is 4. The molecule has 0 amide bonds. The van der Waals surface area contributed by atoms with Crippen molar-refractivity contribution in [1.82, 2.24) is 19.5 Å². The summed E-state index contributed by atoms with van der Waals surface area (Å²) >= 11 is 0. The van der Waals surface area contributed by atoms with Crippen LogP contribution in [0.1, 0.15) is 6.85 Å². The van der Waals surface area contributed by atoms with Crippen LogP contribution < -0.4 is 0 Å². The molecule has 0 aliphatic rings. The van der Waals surface area contributed by atoms with Gasteiger partial charge in [-0.2, -0.15) is 0 Å². The fourth-order valence-electron chi connectivity index (χ4n) is 6.80. The molecule has 0 aliphatic carbocycles. The van der Waals surface area contributed by atoms with E-state index in [2.05, 4.69) is 65.2 Å². The van der Waals surface area contributed by atoms with Crippen LogP contribution in [0.5, 0.6) is 0 Å². The number of aromatic nitrogens is 4. The highest BCUT2D eigenvalue weighted by atomic mass is 16.3. The van der Waals surface area contributed by atoms with E-state index in [0.29, 0.717) is 34.2 Å². The molecule has 0 saturated carbocycles. The zero-order valence-corrected chi connectivity index (χ0v) is 26.5. The number of benzene rings is 7. The molecule has 5 heteroatoms. The van der Waals surface area contributed by atoms with Gasteiger partial charge in [0.1, 0.15) is 11.2 Å². The van der Waals surface area contributed by atoms with Crippen molar-refractivity contribution in [2.45, 2.75) is 0 Å². The summed E-state index contributed by atoms with van der Waals surface area (Å²) in [5, 5.41) is 4.36. The molecule has 7 aromatic carbocycles. The van der Waals surface area contributed by atoms with Gasteiger partial charge < -0.3 is 8.98 Å². The first-order valence-corrected chi connectivity index (χ1v) is 16.3. The summed E-state index contributed by atoms with van der Waals surface area (Å²) in [6, 6.07) is 44.1. The first-order chi connectivity index (χ1) is 26.8. The number of hydrogen-bond acceptors (Lipinski definition) is 4. The minimum Gasteiger partial charge on any atom is -0.456 e. The maximum absolute atomic E-state index is 8.54. The number of fused-ring (bicyclic) bond motifs is 6. The van der Waals surface area contributed by atoms with Crippen LogP contribution in [0.2, 0.25) is 0 Å². The van der Waals surface area contributed by atoms with Gasteiger partial charge >= 0.3 is 0 Å². The molecule has 3 aromatic heterocycles. The molecule has 3 heterocycles. The van der Waals surface area contributed by atoms with Crippen LogP contribution in [-0.2, 0) is 0 Å². The Labute approximate surface area is 294 Å². The number of furan rings is 1. The predicted molar refractivity (Wildman–Crippen MR) is 203 cm³/mol. The van der Waals surface area contributed by atoms with Gasteiger partial charge in [-0.25, -0.2) is 15.0 Å². The molecule has 234 valence electrons. The molecule has 0 unspecified atom stereocenters. The van der Waals surface area contributed by atoms with Gasteiger partial charge in [0.15, 0.2) is 17.5 Å². The van der Waals surface area contributed by atoms with E-state index in [4.69, 9.17) is 26.2 Å². The lowest BCUT2D eigenvalue weighted by atomic mass is 10.0. The number of rotatable bonds is 5. The SMILES string of the molecule is [2H]c1c([2H])c([2H])c(-c2cccc(-c3nc(-c4ccccc4)nc(-c4ccc5c(c4)oc4ccc(-n6c7ccccc7c7ccccc76)cc45)n3)c2)c([2H])c1[2H]. The molecule has 0 aliphatic heterocycles. The summed E-state index contributed by atoms with van der Waals surface area (Å²) in [6.45, 7) is 0. The summed E-state index contributed by atoms with van der Waals surface area (Å²) < 4.78 is 50.2. The largest absolute Gasteiger partial charge is 0.456 e. The predicted octanol–water partition coefficient (Wildman–Crippen LogP) is 11.5. The van der Waals surface area contributed by atoms with Crippen molar-refractivity contribution >= 4 is 43.7 Å². The molecular formula is C45H28N4O. The summed E-state index contributed by atoms with van der Waals surface area (Å²) in [7, 11) is 0. The molecule has 0 radical (unpaired) electrons. The summed E-state index contributed by atoms with van der Waals surface area (Å²) in [4.78, 5) is 14.7. The third kappa shape index (κ3) is 4.67. The third-order valence-electron chi connectivity index (χ3n) is 9.13. The monoisotopic (exact) mass is 645 g/mol. The van der Waals surface area contributed by atoms with E-state index in [-0.39, 0.29) is 29.7 Å². The van der Waals surface area contributed by atoms with Gasteiger partial charge in [-0.1, -0.05) is 121 Å². The van der Waals surface area contributed by atoms with Crippen LogP contribution in [-0.4, -0.2) is 19.5 Å². The van der Waals surface area contributed by atoms with Gasteiger partial charge in [-0.05, 0) is 59.7 Å². The van der Waals surface area contributed by atoms with Gasteiger partial charge in [0.05, 0.1) is 17.9 Å². The topological polar surface area (TPSA) is 56.7 Å². The molecule has 50 heavy (non-hydrogen) atoms. The third-order valence-corrected chi connectivity index (χ3v) is 9.13. The molecule has 5 nitrogen and oxygen atoms in total. The number of hydrogen-bond donors (Lipinski definition) is 0. The van der Waals surface area contributed by atoms with E-state index in [1.807, 2.05) is 60.7 Å². The van der Waals surface area contributed by atoms with E-state index in [1.54, 1.807) is 18.2 Å². The average Bonchev–Trinajstić information content (AvgIpc) is 3.77. The Kier molecular flexibility index (Phi) is 5.35. The Bertz CT molecular complexity index is 3090. The van der Waals surface area contributed by atoms with E-state index in [9.17, 15) is 0 Å². The van der Waals surface area contributed by atoms with Crippen molar-refractivity contribution in [3.63, 3.8) is 0 Å². The normalized spacial score (nSPS) is 13.0. The Morgan fingerprint density at radius 2 is 1.04 bits per heavy atom. The summed E-state index contributed by atoms with van der Waals surface area (Å²) in [5.74, 6) is 1.28. The Morgan fingerprint density at radius 1 is 0.420 bits per heavy atom. The van der Waals surface area contributed by atoms with Crippen LogP contribution in [0, 0.1) is 0 Å². The lowest BCUT2D eigenvalue weighted by Crippen LogP contribution is -2.00. The Balaban J connectivity index is 1.10. The second-order valence-corrected chi connectivity index (χ2v) is 12.1. The lowest BCUT2D eigenvalue weighted by molar-refractivity contribution is 0.669. The van der Waals surface area contributed by atoms with E-state index in [0.717, 1.165) is 44.2 Å². The first-order valence-electron chi connectivity index (χ1n) is 18.8. The van der Waals surface area contributed by atoms with Gasteiger partial charge in [-0.3, -0.25) is 0 Å². The fraction of sp³-hybridized carbons (Fsp3) is 0. The Morgan fingerprint density at radius 3 is 1.78 bits per heavy atom. The van der Waals surface area contributed by atoms with Crippen LogP contribution in [0.15, 0.2) is 174 Å². The second-order valence-electron chi connectivity index (χ2n) is 12.1. The molecule has 0 saturated heterocycles. The zero-order chi connectivity index (χ0) is 37.4. The zero-order valence-electron chi connectivity index (χ0n) is 31.5. The molecule has 0 N–H and O–H groups in total. The van der Waals surface area contributed by atoms with Crippen LogP contribution >= 0.6 is 0 Å². The minimum absolute atomic E-state index is 0.113. The highest BCUT2D eigenvalue weighted by molar-refractivity contribution is 6.10. The van der Waals surface area contributed by atoms with Gasteiger partial charge in [0, 0.05) is 43.9 Å². The van der Waals surface area contributed by atoms with Crippen LogP contribution in [0.3, 0.4) is 0 Å². The molecule has 0 atom stereocenters. The standard InChI is InChI=1S/C45H28N4O/c1-3-12-29(13-4-1)31-16-11-17-32(26-31)44-46-43(30-14-5-2-6-15-30)47-45(48-44)33-22-24-37-38-28-34(23-25-41(38)50-42(37)27-33)49-39-20-9-7-18-35(39)36-19-8-10-21-40(36)49/h1-28H/i1D,3D,4D,12D,13D. The quantitative estimate of drug-likeness (QED) is 0.187. The Hall–Kier alpha value is -6.85. The fourth-order valence-corrected chi connectivity index (χ4v) is 6.80. The number of para-hydroxylation sites is 2. The maximum atomic E-state index is 8.54. The van der Waals surface area contributed by atoms with Crippen molar-refractivity contribution < 1.29 is 11.3 Å². The molecule has 0 bridgehead atoms. The molecule has 0 fully saturated rings. The van der Waals surface area contributed by atoms with Crippen molar-refractivity contribution in [3.8, 4) is 51.0 Å². The van der Waals surface area contributed by atoms with E-state index in [1.165, 1.54) is 10.8 Å². The first kappa shape index (κ1) is 23.5. The van der Waals surface area contributed by atoms with Crippen molar-refractivity contribution in [1.29, 1.82) is 0 Å². The average molecular weight is 646 g/mol. The van der Waals surface area contributed by atoms with Gasteiger partial charge in [0.2, 0.25) is 0 Å². The minimum atomic E-state index is -0.436. The van der Waals surface area contributed by atoms with Crippen LogP contribution in [0.4, 0.5) is 0 Å². The van der Waals surface area contributed by atoms with Crippen molar-refractivity contribution in [3.05, 3.63) is 170 Å². The lowest BCUT2D eigenvalue weighted by Gasteiger charge is -2.10. The summed E-state index contributed by atoms with van der Waals surface area (Å²) in [5.41, 5.74) is 7.48. The second kappa shape index (κ2) is 11.4. The van der Waals surface area contributed by atoms with Crippen molar-refractivity contribution in [2.75, 3.05) is 0 Å². The van der Waals surface area contributed by atoms with E-state index >= 15 is 0 Å². The summed E-state index contributed by atoms with van der Waals surface area (Å²) in [6.07, 6.45) is 0. The molecular weight excluding hydrogens is 613 g/mol. The van der Waals surface area contributed by atoms with E-state index < -0.39 is 6.04 Å². The van der Waals surface area contributed by atoms with Gasteiger partial charge in [0.25, 0.3) is 0 Å². The van der Waals surface area contributed by atoms with Gasteiger partial charge in [-0.15, -0.1) is 0 Å². The highest BCUT2D eigenvalue weighted by Gasteiger charge is 2.17. The molecule has 10 aromatic rings. The highest BCUT2D eigenvalue weighted by Crippen LogP contribution is 2.37. The van der Waals surface area contributed by atoms with Crippen molar-refractivity contribution in [2.24, 2.45) is 0 Å². The van der Waals surface area contributed by atoms with Crippen LogP contribution in [0.25, 0.3) is 94.7 Å².